The Morgan fingerprint density at radius 2 is 1.41 bits per heavy atom. The van der Waals surface area contributed by atoms with Gasteiger partial charge >= 0.3 is 0 Å². The average molecular weight is 361 g/mol. The molecule has 1 unspecified atom stereocenters. The van der Waals surface area contributed by atoms with Crippen LogP contribution in [0.25, 0.3) is 12.2 Å². The lowest BCUT2D eigenvalue weighted by Gasteiger charge is -2.05. The molecule has 0 radical (unpaired) electrons. The lowest BCUT2D eigenvalue weighted by molar-refractivity contribution is 0.317. The Labute approximate surface area is 156 Å². The van der Waals surface area contributed by atoms with Crippen LogP contribution in [0.3, 0.4) is 0 Å². The molecule has 0 spiro atoms. The first kappa shape index (κ1) is 17.2. The summed E-state index contributed by atoms with van der Waals surface area (Å²) in [7, 11) is 0. The number of halogens is 2. The number of hydrogen-bond acceptors (Lipinski definition) is 2. The molecule has 3 aromatic carbocycles. The molecule has 1 aliphatic rings. The smallest absolute Gasteiger partial charge is 0.222 e. The van der Waals surface area contributed by atoms with Crippen LogP contribution < -0.4 is 0 Å². The molecule has 1 atom stereocenters. The van der Waals surface area contributed by atoms with Crippen molar-refractivity contribution in [3.8, 4) is 0 Å². The second kappa shape index (κ2) is 7.54. The minimum Gasteiger partial charge on any atom is -0.475 e. The van der Waals surface area contributed by atoms with Gasteiger partial charge in [0.05, 0.1) is 0 Å². The molecule has 1 heterocycles. The van der Waals surface area contributed by atoms with Gasteiger partial charge in [0.2, 0.25) is 5.90 Å². The topological polar surface area (TPSA) is 21.6 Å². The van der Waals surface area contributed by atoms with Gasteiger partial charge < -0.3 is 4.74 Å². The van der Waals surface area contributed by atoms with Crippen LogP contribution in [0.2, 0.25) is 0 Å². The maximum Gasteiger partial charge on any atom is 0.222 e. The van der Waals surface area contributed by atoms with E-state index >= 15 is 0 Å². The summed E-state index contributed by atoms with van der Waals surface area (Å²) >= 11 is 0. The minimum atomic E-state index is -0.671. The molecule has 4 heteroatoms. The second-order valence-corrected chi connectivity index (χ2v) is 6.27. The van der Waals surface area contributed by atoms with Crippen LogP contribution in [0.5, 0.6) is 0 Å². The van der Waals surface area contributed by atoms with Gasteiger partial charge in [-0.2, -0.15) is 0 Å². The molecule has 0 bridgehead atoms. The number of hydrogen-bond donors (Lipinski definition) is 0. The van der Waals surface area contributed by atoms with Crippen molar-refractivity contribution >= 4 is 18.0 Å². The van der Waals surface area contributed by atoms with E-state index in [0.717, 1.165) is 16.7 Å². The van der Waals surface area contributed by atoms with Gasteiger partial charge in [0.1, 0.15) is 29.8 Å². The zero-order valence-electron chi connectivity index (χ0n) is 14.5. The van der Waals surface area contributed by atoms with E-state index in [0.29, 0.717) is 0 Å². The van der Waals surface area contributed by atoms with Gasteiger partial charge in [0, 0.05) is 0 Å². The zero-order chi connectivity index (χ0) is 18.6. The summed E-state index contributed by atoms with van der Waals surface area (Å²) in [5, 5.41) is 0. The van der Waals surface area contributed by atoms with E-state index in [4.69, 9.17) is 4.74 Å². The molecular weight excluding hydrogens is 344 g/mol. The third kappa shape index (κ3) is 3.80. The second-order valence-electron chi connectivity index (χ2n) is 6.27. The summed E-state index contributed by atoms with van der Waals surface area (Å²) in [6.07, 6.45) is 4.08. The highest BCUT2D eigenvalue weighted by molar-refractivity contribution is 5.95. The Hall–Kier alpha value is -3.27. The van der Waals surface area contributed by atoms with Gasteiger partial charge in [-0.3, -0.25) is 0 Å². The van der Waals surface area contributed by atoms with E-state index < -0.39 is 11.6 Å². The van der Waals surface area contributed by atoms with Crippen molar-refractivity contribution in [1.29, 1.82) is 0 Å². The van der Waals surface area contributed by atoms with Crippen molar-refractivity contribution in [2.24, 2.45) is 4.99 Å². The summed E-state index contributed by atoms with van der Waals surface area (Å²) in [6.45, 7) is 0.266. The minimum absolute atomic E-state index is 0.0173. The quantitative estimate of drug-likeness (QED) is 0.550. The Kier molecular flexibility index (Phi) is 4.79. The molecule has 2 nitrogen and oxygen atoms in total. The molecule has 1 aliphatic heterocycles. The standard InChI is InChI=1S/C23H17F2NO/c24-19-7-4-8-20(25)22(19)23-26-21(15-27-23)18-13-11-17(12-14-18)10-9-16-5-2-1-3-6-16/h1-14,21H,15H2. The van der Waals surface area contributed by atoms with E-state index in [1.165, 1.54) is 18.2 Å². The van der Waals surface area contributed by atoms with Crippen molar-refractivity contribution in [3.05, 3.63) is 107 Å². The van der Waals surface area contributed by atoms with E-state index in [1.54, 1.807) is 0 Å². The molecule has 134 valence electrons. The van der Waals surface area contributed by atoms with Gasteiger partial charge in [-0.05, 0) is 28.8 Å². The highest BCUT2D eigenvalue weighted by Gasteiger charge is 2.25. The van der Waals surface area contributed by atoms with Crippen LogP contribution in [-0.2, 0) is 4.74 Å². The molecule has 4 rings (SSSR count). The van der Waals surface area contributed by atoms with E-state index in [9.17, 15) is 8.78 Å². The lowest BCUT2D eigenvalue weighted by Crippen LogP contribution is -2.07. The molecule has 27 heavy (non-hydrogen) atoms. The number of benzene rings is 3. The summed E-state index contributed by atoms with van der Waals surface area (Å²) in [4.78, 5) is 4.37. The molecule has 0 saturated heterocycles. The number of nitrogens with zero attached hydrogens (tertiary/aromatic N) is 1. The molecule has 0 amide bonds. The predicted molar refractivity (Wildman–Crippen MR) is 103 cm³/mol. The maximum atomic E-state index is 13.9. The molecule has 0 N–H and O–H groups in total. The fourth-order valence-electron chi connectivity index (χ4n) is 2.97. The molecule has 0 aromatic heterocycles. The first-order chi connectivity index (χ1) is 13.2. The first-order valence-corrected chi connectivity index (χ1v) is 8.69. The highest BCUT2D eigenvalue weighted by Crippen LogP contribution is 2.27. The third-order valence-corrected chi connectivity index (χ3v) is 4.42. The van der Waals surface area contributed by atoms with Gasteiger partial charge in [-0.1, -0.05) is 72.8 Å². The van der Waals surface area contributed by atoms with Crippen molar-refractivity contribution in [2.45, 2.75) is 6.04 Å². The summed E-state index contributed by atoms with van der Waals surface area (Å²) in [5.74, 6) is -1.32. The van der Waals surface area contributed by atoms with Crippen molar-refractivity contribution < 1.29 is 13.5 Å². The van der Waals surface area contributed by atoms with Crippen LogP contribution in [-0.4, -0.2) is 12.5 Å². The fraction of sp³-hybridized carbons (Fsp3) is 0.0870. The Bertz CT molecular complexity index is 974. The normalized spacial score (nSPS) is 16.4. The van der Waals surface area contributed by atoms with Crippen molar-refractivity contribution in [3.63, 3.8) is 0 Å². The molecular formula is C23H17F2NO. The lowest BCUT2D eigenvalue weighted by atomic mass is 10.1. The number of rotatable bonds is 4. The van der Waals surface area contributed by atoms with Gasteiger partial charge in [-0.15, -0.1) is 0 Å². The monoisotopic (exact) mass is 361 g/mol. The average Bonchev–Trinajstić information content (AvgIpc) is 3.17. The fourth-order valence-corrected chi connectivity index (χ4v) is 2.97. The van der Waals surface area contributed by atoms with Gasteiger partial charge in [0.25, 0.3) is 0 Å². The Morgan fingerprint density at radius 1 is 0.778 bits per heavy atom. The van der Waals surface area contributed by atoms with E-state index in [2.05, 4.69) is 4.99 Å². The highest BCUT2D eigenvalue weighted by atomic mass is 19.1. The van der Waals surface area contributed by atoms with Crippen LogP contribution in [0, 0.1) is 11.6 Å². The Morgan fingerprint density at radius 3 is 2.07 bits per heavy atom. The summed E-state index contributed by atoms with van der Waals surface area (Å²) in [5.41, 5.74) is 2.93. The van der Waals surface area contributed by atoms with Gasteiger partial charge in [-0.25, -0.2) is 13.8 Å². The summed E-state index contributed by atoms with van der Waals surface area (Å²) in [6, 6.07) is 21.4. The SMILES string of the molecule is Fc1cccc(F)c1C1=NC(c2ccc(C=Cc3ccccc3)cc2)CO1. The predicted octanol–water partition coefficient (Wildman–Crippen LogP) is 5.65. The molecule has 3 aromatic rings. The molecule has 0 fully saturated rings. The zero-order valence-corrected chi connectivity index (χ0v) is 14.5. The van der Waals surface area contributed by atoms with Crippen molar-refractivity contribution in [1.82, 2.24) is 0 Å². The van der Waals surface area contributed by atoms with E-state index in [1.807, 2.05) is 66.7 Å². The third-order valence-electron chi connectivity index (χ3n) is 4.42. The number of aliphatic imine (C=N–C) groups is 1. The van der Waals surface area contributed by atoms with Crippen LogP contribution >= 0.6 is 0 Å². The van der Waals surface area contributed by atoms with E-state index in [-0.39, 0.29) is 24.1 Å². The maximum absolute atomic E-state index is 13.9. The van der Waals surface area contributed by atoms with Crippen LogP contribution in [0.4, 0.5) is 8.78 Å². The molecule has 0 aliphatic carbocycles. The Balaban J connectivity index is 1.51. The van der Waals surface area contributed by atoms with Crippen LogP contribution in [0.1, 0.15) is 28.3 Å². The van der Waals surface area contributed by atoms with Crippen LogP contribution in [0.15, 0.2) is 77.8 Å². The van der Waals surface area contributed by atoms with Crippen molar-refractivity contribution in [2.75, 3.05) is 6.61 Å². The number of ether oxygens (including phenoxy) is 1. The van der Waals surface area contributed by atoms with Gasteiger partial charge in [0.15, 0.2) is 0 Å². The summed E-state index contributed by atoms with van der Waals surface area (Å²) < 4.78 is 33.3. The molecule has 0 saturated carbocycles. The first-order valence-electron chi connectivity index (χ1n) is 8.69. The largest absolute Gasteiger partial charge is 0.475 e.